The normalized spacial score (nSPS) is 12.2. The van der Waals surface area contributed by atoms with Crippen LogP contribution in [-0.4, -0.2) is 41.5 Å². The van der Waals surface area contributed by atoms with Crippen LogP contribution in [0.3, 0.4) is 0 Å². The van der Waals surface area contributed by atoms with Gasteiger partial charge >= 0.3 is 0 Å². The number of rotatable bonds is 9. The van der Waals surface area contributed by atoms with Crippen molar-refractivity contribution < 1.29 is 4.74 Å². The van der Waals surface area contributed by atoms with E-state index in [9.17, 15) is 0 Å². The van der Waals surface area contributed by atoms with E-state index in [4.69, 9.17) is 4.74 Å². The van der Waals surface area contributed by atoms with E-state index in [1.165, 1.54) is 11.3 Å². The Balaban J connectivity index is 0.00000392. The van der Waals surface area contributed by atoms with Crippen molar-refractivity contribution in [3.05, 3.63) is 47.3 Å². The van der Waals surface area contributed by atoms with Crippen molar-refractivity contribution in [2.24, 2.45) is 12.0 Å². The van der Waals surface area contributed by atoms with Gasteiger partial charge in [-0.15, -0.1) is 24.0 Å². The first-order valence-corrected chi connectivity index (χ1v) is 9.73. The van der Waals surface area contributed by atoms with Gasteiger partial charge in [-0.25, -0.2) is 0 Å². The molecule has 0 bridgehead atoms. The molecule has 156 valence electrons. The topological polar surface area (TPSA) is 63.5 Å². The lowest BCUT2D eigenvalue weighted by Crippen LogP contribution is -2.43. The number of nitrogens with one attached hydrogen (secondary N) is 2. The molecule has 2 rings (SSSR count). The van der Waals surface area contributed by atoms with E-state index in [-0.39, 0.29) is 30.0 Å². The summed E-state index contributed by atoms with van der Waals surface area (Å²) in [5, 5.41) is 11.3. The second-order valence-electron chi connectivity index (χ2n) is 6.80. The summed E-state index contributed by atoms with van der Waals surface area (Å²) in [5.74, 6) is 1.76. The maximum absolute atomic E-state index is 5.72. The van der Waals surface area contributed by atoms with Crippen LogP contribution in [0, 0.1) is 13.8 Å². The fourth-order valence-corrected chi connectivity index (χ4v) is 2.99. The molecule has 0 aliphatic rings. The minimum absolute atomic E-state index is 0. The molecule has 0 saturated heterocycles. The summed E-state index contributed by atoms with van der Waals surface area (Å²) in [6, 6.07) is 10.2. The van der Waals surface area contributed by atoms with Gasteiger partial charge < -0.3 is 15.4 Å². The maximum atomic E-state index is 5.72. The molecule has 1 aromatic heterocycles. The molecule has 2 N–H and O–H groups in total. The molecule has 0 radical (unpaired) electrons. The number of para-hydroxylation sites is 1. The molecule has 0 saturated carbocycles. The van der Waals surface area contributed by atoms with E-state index in [1.807, 2.05) is 42.1 Å². The summed E-state index contributed by atoms with van der Waals surface area (Å²) in [4.78, 5) is 4.67. The minimum Gasteiger partial charge on any atom is -0.494 e. The summed E-state index contributed by atoms with van der Waals surface area (Å²) in [5.41, 5.74) is 3.63. The molecule has 1 atom stereocenters. The number of aryl methyl sites for hydroxylation is 2. The Kier molecular flexibility index (Phi) is 11.0. The molecule has 1 aromatic carbocycles. The number of hydrogen-bond acceptors (Lipinski definition) is 3. The van der Waals surface area contributed by atoms with Crippen molar-refractivity contribution in [3.8, 4) is 5.75 Å². The zero-order valence-corrected chi connectivity index (χ0v) is 20.0. The summed E-state index contributed by atoms with van der Waals surface area (Å²) in [6.07, 6.45) is 1.80. The van der Waals surface area contributed by atoms with Crippen LogP contribution < -0.4 is 15.4 Å². The Morgan fingerprint density at radius 1 is 1.25 bits per heavy atom. The van der Waals surface area contributed by atoms with Gasteiger partial charge in [0.25, 0.3) is 0 Å². The highest BCUT2D eigenvalue weighted by atomic mass is 127. The molecule has 0 spiro atoms. The Hall–Kier alpha value is -1.77. The lowest BCUT2D eigenvalue weighted by molar-refractivity contribution is 0.313. The average Bonchev–Trinajstić information content (AvgIpc) is 2.88. The molecular formula is C21H34IN5O. The first-order chi connectivity index (χ1) is 13.0. The van der Waals surface area contributed by atoms with Gasteiger partial charge in [0.2, 0.25) is 0 Å². The molecule has 1 unspecified atom stereocenters. The fourth-order valence-electron chi connectivity index (χ4n) is 2.99. The number of hydrogen-bond donors (Lipinski definition) is 2. The van der Waals surface area contributed by atoms with E-state index < -0.39 is 0 Å². The number of ether oxygens (including phenoxy) is 1. The van der Waals surface area contributed by atoms with Gasteiger partial charge in [0, 0.05) is 38.3 Å². The van der Waals surface area contributed by atoms with Gasteiger partial charge in [0.05, 0.1) is 12.3 Å². The Morgan fingerprint density at radius 3 is 2.57 bits per heavy atom. The van der Waals surface area contributed by atoms with Gasteiger partial charge in [0.1, 0.15) is 5.75 Å². The third kappa shape index (κ3) is 7.69. The predicted molar refractivity (Wildman–Crippen MR) is 127 cm³/mol. The highest BCUT2D eigenvalue weighted by Crippen LogP contribution is 2.14. The summed E-state index contributed by atoms with van der Waals surface area (Å²) < 4.78 is 7.67. The second-order valence-corrected chi connectivity index (χ2v) is 6.80. The smallest absolute Gasteiger partial charge is 0.191 e. The van der Waals surface area contributed by atoms with Crippen molar-refractivity contribution in [2.75, 3.05) is 19.7 Å². The first-order valence-electron chi connectivity index (χ1n) is 9.73. The molecule has 7 heteroatoms. The van der Waals surface area contributed by atoms with Crippen molar-refractivity contribution in [1.29, 1.82) is 0 Å². The monoisotopic (exact) mass is 499 g/mol. The number of benzene rings is 1. The zero-order chi connectivity index (χ0) is 19.6. The van der Waals surface area contributed by atoms with Crippen molar-refractivity contribution in [2.45, 2.75) is 46.6 Å². The standard InChI is InChI=1S/C21H33N5O.HI/c1-6-22-21(23-13-10-14-27-19-11-8-7-9-12-19)24-16(2)15-20-17(3)25-26(5)18(20)4;/h7-9,11-12,16H,6,10,13-15H2,1-5H3,(H2,22,23,24);1H. The largest absolute Gasteiger partial charge is 0.494 e. The first kappa shape index (κ1) is 24.3. The van der Waals surface area contributed by atoms with Crippen LogP contribution in [0.5, 0.6) is 5.75 Å². The number of halogens is 1. The van der Waals surface area contributed by atoms with E-state index in [0.717, 1.165) is 43.3 Å². The van der Waals surface area contributed by atoms with Crippen LogP contribution in [0.1, 0.15) is 37.2 Å². The van der Waals surface area contributed by atoms with Gasteiger partial charge in [0.15, 0.2) is 5.96 Å². The molecule has 0 aliphatic heterocycles. The second kappa shape index (κ2) is 12.6. The van der Waals surface area contributed by atoms with Crippen LogP contribution in [0.4, 0.5) is 0 Å². The van der Waals surface area contributed by atoms with E-state index >= 15 is 0 Å². The number of aromatic nitrogens is 2. The third-order valence-corrected chi connectivity index (χ3v) is 4.48. The molecule has 6 nitrogen and oxygen atoms in total. The lowest BCUT2D eigenvalue weighted by atomic mass is 10.1. The van der Waals surface area contributed by atoms with Crippen LogP contribution in [0.2, 0.25) is 0 Å². The van der Waals surface area contributed by atoms with E-state index in [0.29, 0.717) is 6.61 Å². The minimum atomic E-state index is 0. The van der Waals surface area contributed by atoms with Crippen LogP contribution in [0.15, 0.2) is 35.3 Å². The predicted octanol–water partition coefficient (Wildman–Crippen LogP) is 3.61. The molecular weight excluding hydrogens is 465 g/mol. The average molecular weight is 499 g/mol. The van der Waals surface area contributed by atoms with Gasteiger partial charge in [-0.1, -0.05) is 18.2 Å². The van der Waals surface area contributed by atoms with Crippen LogP contribution in [0.25, 0.3) is 0 Å². The van der Waals surface area contributed by atoms with Crippen molar-refractivity contribution >= 4 is 29.9 Å². The van der Waals surface area contributed by atoms with E-state index in [1.54, 1.807) is 0 Å². The zero-order valence-electron chi connectivity index (χ0n) is 17.7. The van der Waals surface area contributed by atoms with E-state index in [2.05, 4.69) is 48.4 Å². The Bertz CT molecular complexity index is 730. The number of guanidine groups is 1. The fraction of sp³-hybridized carbons (Fsp3) is 0.524. The molecule has 0 fully saturated rings. The Labute approximate surface area is 186 Å². The molecule has 0 aliphatic carbocycles. The molecule has 2 aromatic rings. The van der Waals surface area contributed by atoms with Crippen LogP contribution >= 0.6 is 24.0 Å². The summed E-state index contributed by atoms with van der Waals surface area (Å²) in [7, 11) is 1.99. The Morgan fingerprint density at radius 2 is 1.96 bits per heavy atom. The van der Waals surface area contributed by atoms with Gasteiger partial charge in [-0.05, 0) is 51.8 Å². The van der Waals surface area contributed by atoms with Gasteiger partial charge in [-0.3, -0.25) is 9.67 Å². The number of nitrogens with zero attached hydrogens (tertiary/aromatic N) is 3. The third-order valence-electron chi connectivity index (χ3n) is 4.48. The van der Waals surface area contributed by atoms with Crippen LogP contribution in [-0.2, 0) is 13.5 Å². The highest BCUT2D eigenvalue weighted by molar-refractivity contribution is 14.0. The molecule has 1 heterocycles. The SMILES string of the molecule is CCNC(=NCCCOc1ccccc1)NC(C)Cc1c(C)nn(C)c1C.I. The van der Waals surface area contributed by atoms with Gasteiger partial charge in [-0.2, -0.15) is 5.10 Å². The quantitative estimate of drug-likeness (QED) is 0.240. The van der Waals surface area contributed by atoms with Crippen molar-refractivity contribution in [1.82, 2.24) is 20.4 Å². The number of aliphatic imine (C=N–C) groups is 1. The maximum Gasteiger partial charge on any atom is 0.191 e. The molecule has 0 amide bonds. The summed E-state index contributed by atoms with van der Waals surface area (Å²) >= 11 is 0. The lowest BCUT2D eigenvalue weighted by Gasteiger charge is -2.18. The van der Waals surface area contributed by atoms with Crippen molar-refractivity contribution in [3.63, 3.8) is 0 Å². The molecule has 28 heavy (non-hydrogen) atoms. The summed E-state index contributed by atoms with van der Waals surface area (Å²) in [6.45, 7) is 10.7. The highest BCUT2D eigenvalue weighted by Gasteiger charge is 2.13.